The maximum Gasteiger partial charge on any atom is 0.255 e. The maximum atomic E-state index is 12.8. The Kier molecular flexibility index (Phi) is 5.22. The minimum Gasteiger partial charge on any atom is -0.339 e. The van der Waals surface area contributed by atoms with Gasteiger partial charge in [-0.2, -0.15) is 0 Å². The van der Waals surface area contributed by atoms with E-state index in [0.717, 1.165) is 31.5 Å². The molecule has 2 saturated heterocycles. The van der Waals surface area contributed by atoms with Crippen molar-refractivity contribution >= 4 is 11.8 Å². The maximum absolute atomic E-state index is 12.8. The second-order valence-corrected chi connectivity index (χ2v) is 8.23. The lowest BCUT2D eigenvalue weighted by Crippen LogP contribution is -2.52. The lowest BCUT2D eigenvalue weighted by atomic mass is 9.72. The lowest BCUT2D eigenvalue weighted by molar-refractivity contribution is -0.139. The third-order valence-corrected chi connectivity index (χ3v) is 6.27. The van der Waals surface area contributed by atoms with Gasteiger partial charge >= 0.3 is 0 Å². The molecule has 2 fully saturated rings. The van der Waals surface area contributed by atoms with E-state index in [0.29, 0.717) is 31.6 Å². The van der Waals surface area contributed by atoms with Crippen LogP contribution in [0, 0.1) is 5.41 Å². The van der Waals surface area contributed by atoms with Crippen LogP contribution in [0.25, 0.3) is 0 Å². The first kappa shape index (κ1) is 19.4. The van der Waals surface area contributed by atoms with E-state index in [-0.39, 0.29) is 22.8 Å². The van der Waals surface area contributed by atoms with E-state index in [9.17, 15) is 14.4 Å². The number of nitrogens with zero attached hydrogens (tertiary/aromatic N) is 4. The summed E-state index contributed by atoms with van der Waals surface area (Å²) in [5.41, 5.74) is 1.39. The Hall–Kier alpha value is -2.96. The molecule has 0 saturated carbocycles. The van der Waals surface area contributed by atoms with Crippen molar-refractivity contribution in [3.8, 4) is 0 Å². The van der Waals surface area contributed by atoms with E-state index in [1.807, 2.05) is 28.0 Å². The molecule has 0 N–H and O–H groups in total. The molecule has 2 aromatic heterocycles. The normalized spacial score (nSPS) is 18.9. The summed E-state index contributed by atoms with van der Waals surface area (Å²) in [4.78, 5) is 45.0. The molecule has 0 radical (unpaired) electrons. The lowest BCUT2D eigenvalue weighted by Gasteiger charge is -2.47. The van der Waals surface area contributed by atoms with Crippen LogP contribution in [0.3, 0.4) is 0 Å². The predicted molar refractivity (Wildman–Crippen MR) is 108 cm³/mol. The van der Waals surface area contributed by atoms with Gasteiger partial charge in [0.1, 0.15) is 0 Å². The van der Waals surface area contributed by atoms with Gasteiger partial charge in [-0.05, 0) is 42.9 Å². The summed E-state index contributed by atoms with van der Waals surface area (Å²) in [6.07, 6.45) is 6.56. The van der Waals surface area contributed by atoms with E-state index in [1.165, 1.54) is 10.6 Å². The number of aryl methyl sites for hydroxylation is 1. The number of hydrogen-bond acceptors (Lipinski definition) is 4. The Morgan fingerprint density at radius 2 is 1.90 bits per heavy atom. The van der Waals surface area contributed by atoms with Crippen molar-refractivity contribution in [3.63, 3.8) is 0 Å². The highest BCUT2D eigenvalue weighted by atomic mass is 16.2. The Morgan fingerprint density at radius 1 is 1.10 bits per heavy atom. The quantitative estimate of drug-likeness (QED) is 0.796. The number of piperidine rings is 2. The molecule has 0 atom stereocenters. The van der Waals surface area contributed by atoms with Crippen LogP contribution in [0.1, 0.15) is 41.7 Å². The van der Waals surface area contributed by atoms with Gasteiger partial charge in [-0.1, -0.05) is 6.07 Å². The van der Waals surface area contributed by atoms with E-state index in [1.54, 1.807) is 25.5 Å². The molecule has 4 heterocycles. The molecule has 2 aliphatic rings. The molecule has 0 aromatic carbocycles. The highest BCUT2D eigenvalue weighted by molar-refractivity contribution is 5.94. The molecule has 152 valence electrons. The minimum absolute atomic E-state index is 0.0346. The molecule has 4 rings (SSSR count). The molecule has 2 amide bonds. The Balaban J connectivity index is 1.41. The van der Waals surface area contributed by atoms with E-state index in [4.69, 9.17) is 0 Å². The zero-order valence-corrected chi connectivity index (χ0v) is 16.7. The number of pyridine rings is 2. The number of amides is 2. The first-order chi connectivity index (χ1) is 14.0. The Labute approximate surface area is 170 Å². The van der Waals surface area contributed by atoms with Crippen LogP contribution in [-0.2, 0) is 18.4 Å². The summed E-state index contributed by atoms with van der Waals surface area (Å²) in [7, 11) is 1.65. The van der Waals surface area contributed by atoms with Gasteiger partial charge in [0, 0.05) is 51.6 Å². The van der Waals surface area contributed by atoms with Gasteiger partial charge in [-0.25, -0.2) is 0 Å². The highest BCUT2D eigenvalue weighted by Crippen LogP contribution is 2.40. The monoisotopic (exact) mass is 394 g/mol. The Morgan fingerprint density at radius 3 is 2.59 bits per heavy atom. The van der Waals surface area contributed by atoms with Crippen molar-refractivity contribution < 1.29 is 9.59 Å². The molecule has 0 aliphatic carbocycles. The van der Waals surface area contributed by atoms with Gasteiger partial charge in [0.15, 0.2) is 0 Å². The molecule has 0 unspecified atom stereocenters. The van der Waals surface area contributed by atoms with Crippen molar-refractivity contribution in [1.82, 2.24) is 19.4 Å². The molecule has 7 nitrogen and oxygen atoms in total. The van der Waals surface area contributed by atoms with E-state index < -0.39 is 0 Å². The number of carbonyl (C=O) groups excluding carboxylic acids is 2. The third-order valence-electron chi connectivity index (χ3n) is 6.27. The van der Waals surface area contributed by atoms with Gasteiger partial charge < -0.3 is 14.4 Å². The summed E-state index contributed by atoms with van der Waals surface area (Å²) in [6.45, 7) is 2.62. The van der Waals surface area contributed by atoms with Crippen LogP contribution in [-0.4, -0.2) is 50.8 Å². The van der Waals surface area contributed by atoms with E-state index >= 15 is 0 Å². The highest BCUT2D eigenvalue weighted by Gasteiger charge is 2.41. The summed E-state index contributed by atoms with van der Waals surface area (Å²) >= 11 is 0. The van der Waals surface area contributed by atoms with Crippen LogP contribution in [0.4, 0.5) is 0 Å². The fraction of sp³-hybridized carbons (Fsp3) is 0.455. The van der Waals surface area contributed by atoms with Crippen LogP contribution < -0.4 is 5.56 Å². The number of aromatic nitrogens is 2. The first-order valence-corrected chi connectivity index (χ1v) is 10.1. The summed E-state index contributed by atoms with van der Waals surface area (Å²) < 4.78 is 1.43. The average molecular weight is 394 g/mol. The van der Waals surface area contributed by atoms with Crippen LogP contribution >= 0.6 is 0 Å². The van der Waals surface area contributed by atoms with E-state index in [2.05, 4.69) is 4.98 Å². The molecule has 29 heavy (non-hydrogen) atoms. The average Bonchev–Trinajstić information content (AvgIpc) is 2.74. The van der Waals surface area contributed by atoms with Gasteiger partial charge in [0.2, 0.25) is 11.5 Å². The van der Waals surface area contributed by atoms with Gasteiger partial charge in [-0.15, -0.1) is 0 Å². The third kappa shape index (κ3) is 4.09. The summed E-state index contributed by atoms with van der Waals surface area (Å²) in [5.74, 6) is 0.151. The molecular formula is C22H26N4O3. The van der Waals surface area contributed by atoms with Crippen molar-refractivity contribution in [1.29, 1.82) is 0 Å². The molecule has 2 aliphatic heterocycles. The molecule has 1 spiro atoms. The second kappa shape index (κ2) is 7.81. The zero-order chi connectivity index (χ0) is 20.4. The SMILES string of the molecule is Cn1cc(C(=O)N2CCC3(CCC(=O)N(Cc4ccccn4)C3)CC2)ccc1=O. The molecule has 2 aromatic rings. The zero-order valence-electron chi connectivity index (χ0n) is 16.7. The predicted octanol–water partition coefficient (Wildman–Crippen LogP) is 1.83. The van der Waals surface area contributed by atoms with Crippen molar-refractivity contribution in [3.05, 3.63) is 64.3 Å². The minimum atomic E-state index is -0.126. The molecule has 0 bridgehead atoms. The molecule has 7 heteroatoms. The number of rotatable bonds is 3. The van der Waals surface area contributed by atoms with Crippen LogP contribution in [0.2, 0.25) is 0 Å². The fourth-order valence-electron chi connectivity index (χ4n) is 4.43. The smallest absolute Gasteiger partial charge is 0.255 e. The van der Waals surface area contributed by atoms with Crippen molar-refractivity contribution in [2.75, 3.05) is 19.6 Å². The number of hydrogen-bond donors (Lipinski definition) is 0. The first-order valence-electron chi connectivity index (χ1n) is 10.1. The van der Waals surface area contributed by atoms with Crippen molar-refractivity contribution in [2.24, 2.45) is 12.5 Å². The van der Waals surface area contributed by atoms with Gasteiger partial charge in [0.25, 0.3) is 5.91 Å². The fourth-order valence-corrected chi connectivity index (χ4v) is 4.43. The van der Waals surface area contributed by atoms with Crippen molar-refractivity contribution in [2.45, 2.75) is 32.2 Å². The number of likely N-dealkylation sites (tertiary alicyclic amines) is 2. The summed E-state index contributed by atoms with van der Waals surface area (Å²) in [5, 5.41) is 0. The molecular weight excluding hydrogens is 368 g/mol. The largest absolute Gasteiger partial charge is 0.339 e. The standard InChI is InChI=1S/C22H26N4O3/c1-24-14-17(5-6-19(24)27)21(29)25-12-9-22(10-13-25)8-7-20(28)26(16-22)15-18-4-2-3-11-23-18/h2-6,11,14H,7-10,12-13,15-16H2,1H3. The van der Waals surface area contributed by atoms with Crippen LogP contribution in [0.15, 0.2) is 47.5 Å². The van der Waals surface area contributed by atoms with Gasteiger partial charge in [0.05, 0.1) is 17.8 Å². The Bertz CT molecular complexity index is 962. The number of carbonyl (C=O) groups is 2. The van der Waals surface area contributed by atoms with Gasteiger partial charge in [-0.3, -0.25) is 19.4 Å². The second-order valence-electron chi connectivity index (χ2n) is 8.23. The summed E-state index contributed by atoms with van der Waals surface area (Å²) in [6, 6.07) is 8.79. The topological polar surface area (TPSA) is 75.5 Å². The van der Waals surface area contributed by atoms with Crippen LogP contribution in [0.5, 0.6) is 0 Å².